The maximum Gasteiger partial charge on any atom is 0.161 e. The largest absolute Gasteiger partial charge is 0.485 e. The van der Waals surface area contributed by atoms with Crippen molar-refractivity contribution >= 4 is 17.2 Å². The Hall–Kier alpha value is -2.11. The Morgan fingerprint density at radius 2 is 1.97 bits per heavy atom. The van der Waals surface area contributed by atoms with Crippen LogP contribution in [0.3, 0.4) is 0 Å². The molecule has 1 aromatic carbocycles. The standard InChI is InChI=1S/C28H42N2O3/c1-17(2)22(13-25(29)27-14-23(18(3)4)28(16-31)33-27)19(5)20-9-10-26-24(12-20)21(15-30-26)8-7-11-32-6/h9-10,12,14-19,22-23,25,28,30H,7-8,11,13,29H2,1-6H3. The average Bonchev–Trinajstić information content (AvgIpc) is 3.41. The zero-order valence-corrected chi connectivity index (χ0v) is 21.1. The Labute approximate surface area is 199 Å². The molecule has 5 heteroatoms. The number of aryl methyl sites for hydroxylation is 1. The molecule has 33 heavy (non-hydrogen) atoms. The van der Waals surface area contributed by atoms with Crippen LogP contribution in [0.5, 0.6) is 0 Å². The summed E-state index contributed by atoms with van der Waals surface area (Å²) in [7, 11) is 1.75. The number of carbonyl (C=O) groups is 1. The van der Waals surface area contributed by atoms with Crippen molar-refractivity contribution in [3.05, 3.63) is 47.4 Å². The highest BCUT2D eigenvalue weighted by Crippen LogP contribution is 2.38. The first kappa shape index (κ1) is 25.5. The molecule has 0 radical (unpaired) electrons. The molecule has 0 saturated carbocycles. The molecule has 2 aromatic rings. The summed E-state index contributed by atoms with van der Waals surface area (Å²) in [5, 5.41) is 1.30. The predicted molar refractivity (Wildman–Crippen MR) is 135 cm³/mol. The molecule has 1 aromatic heterocycles. The number of benzene rings is 1. The molecular weight excluding hydrogens is 412 g/mol. The van der Waals surface area contributed by atoms with Crippen LogP contribution in [0.15, 0.2) is 36.2 Å². The molecule has 5 unspecified atom stereocenters. The molecule has 0 amide bonds. The van der Waals surface area contributed by atoms with Gasteiger partial charge in [0.1, 0.15) is 5.76 Å². The lowest BCUT2D eigenvalue weighted by Gasteiger charge is -2.31. The van der Waals surface area contributed by atoms with Crippen LogP contribution in [0.25, 0.3) is 10.9 Å². The van der Waals surface area contributed by atoms with Gasteiger partial charge in [-0.1, -0.05) is 40.7 Å². The van der Waals surface area contributed by atoms with Gasteiger partial charge >= 0.3 is 0 Å². The summed E-state index contributed by atoms with van der Waals surface area (Å²) in [4.78, 5) is 14.9. The van der Waals surface area contributed by atoms with E-state index in [1.165, 1.54) is 22.0 Å². The number of carbonyl (C=O) groups excluding carboxylic acids is 1. The summed E-state index contributed by atoms with van der Waals surface area (Å²) in [6.07, 6.45) is 7.57. The smallest absolute Gasteiger partial charge is 0.161 e. The van der Waals surface area contributed by atoms with Gasteiger partial charge in [-0.2, -0.15) is 0 Å². The molecule has 0 aliphatic carbocycles. The molecule has 0 saturated heterocycles. The van der Waals surface area contributed by atoms with Crippen molar-refractivity contribution < 1.29 is 14.3 Å². The molecule has 5 atom stereocenters. The predicted octanol–water partition coefficient (Wildman–Crippen LogP) is 5.59. The van der Waals surface area contributed by atoms with Gasteiger partial charge in [0.2, 0.25) is 0 Å². The first-order chi connectivity index (χ1) is 15.8. The van der Waals surface area contributed by atoms with Crippen LogP contribution in [0.2, 0.25) is 0 Å². The number of fused-ring (bicyclic) bond motifs is 1. The third kappa shape index (κ3) is 5.88. The zero-order chi connectivity index (χ0) is 24.1. The average molecular weight is 455 g/mol. The summed E-state index contributed by atoms with van der Waals surface area (Å²) in [6.45, 7) is 11.9. The van der Waals surface area contributed by atoms with Crippen molar-refractivity contribution in [1.29, 1.82) is 0 Å². The van der Waals surface area contributed by atoms with E-state index >= 15 is 0 Å². The maximum atomic E-state index is 11.5. The van der Waals surface area contributed by atoms with E-state index in [-0.39, 0.29) is 12.0 Å². The number of hydrogen-bond acceptors (Lipinski definition) is 4. The lowest BCUT2D eigenvalue weighted by molar-refractivity contribution is -0.117. The molecule has 3 rings (SSSR count). The fourth-order valence-electron chi connectivity index (χ4n) is 5.26. The number of nitrogens with one attached hydrogen (secondary N) is 1. The van der Waals surface area contributed by atoms with E-state index in [2.05, 4.69) is 70.1 Å². The van der Waals surface area contributed by atoms with Crippen LogP contribution >= 0.6 is 0 Å². The van der Waals surface area contributed by atoms with E-state index in [1.54, 1.807) is 7.11 Å². The topological polar surface area (TPSA) is 77.3 Å². The highest BCUT2D eigenvalue weighted by Gasteiger charge is 2.35. The lowest BCUT2D eigenvalue weighted by atomic mass is 9.76. The number of hydrogen-bond donors (Lipinski definition) is 2. The molecule has 1 aliphatic rings. The zero-order valence-electron chi connectivity index (χ0n) is 21.1. The quantitative estimate of drug-likeness (QED) is 0.323. The number of ether oxygens (including phenoxy) is 2. The van der Waals surface area contributed by atoms with E-state index < -0.39 is 6.10 Å². The number of aromatic nitrogens is 1. The summed E-state index contributed by atoms with van der Waals surface area (Å²) in [5.41, 5.74) is 10.5. The van der Waals surface area contributed by atoms with Crippen LogP contribution in [0.1, 0.15) is 64.5 Å². The third-order valence-corrected chi connectivity index (χ3v) is 7.41. The molecule has 3 N–H and O–H groups in total. The van der Waals surface area contributed by atoms with Gasteiger partial charge in [-0.05, 0) is 72.3 Å². The number of aldehydes is 1. The van der Waals surface area contributed by atoms with Crippen LogP contribution < -0.4 is 5.73 Å². The molecular formula is C28H42N2O3. The molecule has 5 nitrogen and oxygen atoms in total. The van der Waals surface area contributed by atoms with E-state index in [4.69, 9.17) is 15.2 Å². The van der Waals surface area contributed by atoms with Gasteiger partial charge in [-0.15, -0.1) is 0 Å². The van der Waals surface area contributed by atoms with Crippen molar-refractivity contribution in [2.75, 3.05) is 13.7 Å². The van der Waals surface area contributed by atoms with Crippen molar-refractivity contribution in [1.82, 2.24) is 4.98 Å². The van der Waals surface area contributed by atoms with Gasteiger partial charge in [0.25, 0.3) is 0 Å². The second-order valence-corrected chi connectivity index (χ2v) is 10.4. The highest BCUT2D eigenvalue weighted by molar-refractivity contribution is 5.84. The SMILES string of the molecule is COCCCc1c[nH]c2ccc(C(C)C(CC(N)C3=CC(C(C)C)C(C=O)O3)C(C)C)cc12. The summed E-state index contributed by atoms with van der Waals surface area (Å²) >= 11 is 0. The van der Waals surface area contributed by atoms with E-state index in [0.29, 0.717) is 23.7 Å². The Balaban J connectivity index is 1.78. The Morgan fingerprint density at radius 1 is 1.21 bits per heavy atom. The maximum absolute atomic E-state index is 11.5. The monoisotopic (exact) mass is 454 g/mol. The molecule has 0 bridgehead atoms. The van der Waals surface area contributed by atoms with Crippen LogP contribution in [0.4, 0.5) is 0 Å². The normalized spacial score (nSPS) is 21.3. The van der Waals surface area contributed by atoms with Crippen molar-refractivity contribution in [3.63, 3.8) is 0 Å². The molecule has 0 spiro atoms. The van der Waals surface area contributed by atoms with Gasteiger partial charge in [0.15, 0.2) is 12.4 Å². The first-order valence-electron chi connectivity index (χ1n) is 12.4. The summed E-state index contributed by atoms with van der Waals surface area (Å²) in [5.74, 6) is 2.45. The lowest BCUT2D eigenvalue weighted by Crippen LogP contribution is -2.31. The van der Waals surface area contributed by atoms with Gasteiger partial charge < -0.3 is 20.2 Å². The number of aromatic amines is 1. The van der Waals surface area contributed by atoms with Gasteiger partial charge in [0.05, 0.1) is 6.04 Å². The van der Waals surface area contributed by atoms with Gasteiger partial charge in [-0.25, -0.2) is 0 Å². The Kier molecular flexibility index (Phi) is 8.77. The molecule has 1 aliphatic heterocycles. The fourth-order valence-corrected chi connectivity index (χ4v) is 5.26. The minimum absolute atomic E-state index is 0.103. The molecule has 0 fully saturated rings. The second-order valence-electron chi connectivity index (χ2n) is 10.4. The number of rotatable bonds is 12. The number of nitrogens with two attached hydrogens (primary N) is 1. The van der Waals surface area contributed by atoms with Crippen LogP contribution in [-0.2, 0) is 20.7 Å². The first-order valence-corrected chi connectivity index (χ1v) is 12.4. The third-order valence-electron chi connectivity index (χ3n) is 7.41. The summed E-state index contributed by atoms with van der Waals surface area (Å²) in [6, 6.07) is 6.59. The van der Waals surface area contributed by atoms with E-state index in [9.17, 15) is 4.79 Å². The van der Waals surface area contributed by atoms with Crippen LogP contribution in [-0.4, -0.2) is 37.1 Å². The van der Waals surface area contributed by atoms with Crippen molar-refractivity contribution in [2.45, 2.75) is 71.9 Å². The molecule has 2 heterocycles. The van der Waals surface area contributed by atoms with Crippen molar-refractivity contribution in [3.8, 4) is 0 Å². The van der Waals surface area contributed by atoms with Crippen LogP contribution in [0, 0.1) is 23.7 Å². The number of H-pyrrole nitrogens is 1. The second kappa shape index (κ2) is 11.3. The minimum Gasteiger partial charge on any atom is -0.485 e. The summed E-state index contributed by atoms with van der Waals surface area (Å²) < 4.78 is 11.2. The van der Waals surface area contributed by atoms with Crippen molar-refractivity contribution in [2.24, 2.45) is 29.4 Å². The van der Waals surface area contributed by atoms with E-state index in [0.717, 1.165) is 37.9 Å². The minimum atomic E-state index is -0.409. The fraction of sp³-hybridized carbons (Fsp3) is 0.607. The Bertz CT molecular complexity index is 946. The number of methoxy groups -OCH3 is 1. The highest BCUT2D eigenvalue weighted by atomic mass is 16.5. The van der Waals surface area contributed by atoms with Gasteiger partial charge in [0, 0.05) is 36.7 Å². The Morgan fingerprint density at radius 3 is 2.58 bits per heavy atom. The van der Waals surface area contributed by atoms with Gasteiger partial charge in [-0.3, -0.25) is 4.79 Å². The molecule has 182 valence electrons. The van der Waals surface area contributed by atoms with E-state index in [1.807, 2.05) is 0 Å².